The molecule has 2 aromatic heterocycles. The highest BCUT2D eigenvalue weighted by Gasteiger charge is 2.51. The number of nitrogens with one attached hydrogen (secondary N) is 3. The van der Waals surface area contributed by atoms with Crippen molar-refractivity contribution in [2.45, 2.75) is 103 Å². The quantitative estimate of drug-likeness (QED) is 0.133. The lowest BCUT2D eigenvalue weighted by atomic mass is 9.51. The number of anilines is 3. The van der Waals surface area contributed by atoms with Gasteiger partial charge in [0, 0.05) is 94.9 Å². The first-order chi connectivity index (χ1) is 32.3. The Labute approximate surface area is 395 Å². The van der Waals surface area contributed by atoms with Gasteiger partial charge in [0.25, 0.3) is 0 Å². The molecule has 4 N–H and O–H groups in total. The Hall–Kier alpha value is -6.27. The highest BCUT2D eigenvalue weighted by atomic mass is 16.3. The Morgan fingerprint density at radius 2 is 1.55 bits per heavy atom. The molecule has 0 radical (unpaired) electrons. The zero-order chi connectivity index (χ0) is 47.1. The molecular formula is C52H67N11O4. The molecular weight excluding hydrogens is 843 g/mol. The number of aromatic hydroxyl groups is 1. The number of aromatic nitrogens is 4. The number of piperidine rings is 1. The highest BCUT2D eigenvalue weighted by Crippen LogP contribution is 2.58. The van der Waals surface area contributed by atoms with Crippen LogP contribution in [0.4, 0.5) is 17.5 Å². The van der Waals surface area contributed by atoms with Crippen molar-refractivity contribution < 1.29 is 19.5 Å². The molecule has 0 bridgehead atoms. The first-order valence-corrected chi connectivity index (χ1v) is 24.1. The summed E-state index contributed by atoms with van der Waals surface area (Å²) in [6.07, 6.45) is 18.3. The van der Waals surface area contributed by atoms with Crippen molar-refractivity contribution in [1.82, 2.24) is 40.6 Å². The summed E-state index contributed by atoms with van der Waals surface area (Å²) in [7, 11) is 1.87. The van der Waals surface area contributed by atoms with Crippen LogP contribution in [0.5, 0.6) is 5.75 Å². The summed E-state index contributed by atoms with van der Waals surface area (Å²) in [5, 5.41) is 28.2. The molecule has 2 aromatic carbocycles. The van der Waals surface area contributed by atoms with Crippen molar-refractivity contribution in [2.24, 2.45) is 16.7 Å². The van der Waals surface area contributed by atoms with E-state index in [1.165, 1.54) is 19.3 Å². The number of carbonyl (C=O) groups excluding carboxylic acids is 3. The molecule has 5 heterocycles. The molecule has 15 heteroatoms. The minimum absolute atomic E-state index is 0.0106. The fraction of sp³-hybridized carbons (Fsp3) is 0.519. The molecule has 2 aliphatic carbocycles. The predicted octanol–water partition coefficient (Wildman–Crippen LogP) is 5.86. The largest absolute Gasteiger partial charge is 0.507 e. The van der Waals surface area contributed by atoms with Gasteiger partial charge in [0.2, 0.25) is 23.7 Å². The lowest BCUT2D eigenvalue weighted by molar-refractivity contribution is -0.147. The molecule has 5 aliphatic rings. The molecule has 5 fully saturated rings. The first-order valence-electron chi connectivity index (χ1n) is 24.1. The van der Waals surface area contributed by atoms with Gasteiger partial charge in [-0.25, -0.2) is 9.97 Å². The number of rotatable bonds is 11. The third-order valence-corrected chi connectivity index (χ3v) is 14.6. The second-order valence-corrected chi connectivity index (χ2v) is 20.0. The van der Waals surface area contributed by atoms with Gasteiger partial charge in [0.1, 0.15) is 17.8 Å². The number of carbonyl (C=O) groups is 3. The maximum absolute atomic E-state index is 13.6. The van der Waals surface area contributed by atoms with Crippen LogP contribution in [0.25, 0.3) is 11.3 Å². The standard InChI is InChI=1S/C28H37N3O3.C24H30N8O/c1-5-19-9-11-20(12-10-19)18-29-25(33)22-8-6-15-31(22)26(34)23(27(2,3)4)30-24(32)21-16-28(17-21)13-7-14-28;1-25-23-21(17-20(28-29-23)19-5-2-3-6-22(19)33)31-15-13-30(14-16-31)18-7-11-32(12-8-18)24-26-9-4-10-27-24/h1,9-12,21-23H,6-8,13-18H2,2-4H3,(H,29,33)(H,30,32);2-6,9-10,17-18,33H,7-8,11-16H2,1H3,(H,25,29). The highest BCUT2D eigenvalue weighted by molar-refractivity contribution is 5.93. The van der Waals surface area contributed by atoms with Gasteiger partial charge >= 0.3 is 0 Å². The van der Waals surface area contributed by atoms with Gasteiger partial charge in [-0.2, -0.15) is 0 Å². The van der Waals surface area contributed by atoms with E-state index in [9.17, 15) is 19.5 Å². The van der Waals surface area contributed by atoms with Crippen LogP contribution in [0, 0.1) is 29.1 Å². The minimum atomic E-state index is -0.650. The number of hydrogen-bond acceptors (Lipinski definition) is 12. The fourth-order valence-electron chi connectivity index (χ4n) is 10.5. The summed E-state index contributed by atoms with van der Waals surface area (Å²) in [6, 6.07) is 18.1. The normalized spacial score (nSPS) is 20.1. The second kappa shape index (κ2) is 20.7. The van der Waals surface area contributed by atoms with E-state index in [0.717, 1.165) is 100.0 Å². The van der Waals surface area contributed by atoms with Crippen LogP contribution in [-0.4, -0.2) is 124 Å². The third-order valence-electron chi connectivity index (χ3n) is 14.6. The van der Waals surface area contributed by atoms with Crippen LogP contribution >= 0.6 is 0 Å². The summed E-state index contributed by atoms with van der Waals surface area (Å²) >= 11 is 0. The Kier molecular flexibility index (Phi) is 14.6. The molecule has 2 unspecified atom stereocenters. The average molecular weight is 910 g/mol. The van der Waals surface area contributed by atoms with Gasteiger partial charge in [-0.05, 0) is 104 Å². The summed E-state index contributed by atoms with van der Waals surface area (Å²) in [5.41, 5.74) is 4.11. The van der Waals surface area contributed by atoms with Crippen LogP contribution in [0.1, 0.15) is 89.7 Å². The van der Waals surface area contributed by atoms with Gasteiger partial charge in [0.05, 0.1) is 11.4 Å². The van der Waals surface area contributed by atoms with Crippen molar-refractivity contribution >= 4 is 35.2 Å². The van der Waals surface area contributed by atoms with E-state index in [-0.39, 0.29) is 29.4 Å². The van der Waals surface area contributed by atoms with E-state index >= 15 is 0 Å². The number of benzene rings is 2. The third kappa shape index (κ3) is 11.0. The molecule has 3 amide bonds. The zero-order valence-electron chi connectivity index (χ0n) is 39.6. The van der Waals surface area contributed by atoms with Gasteiger partial charge < -0.3 is 35.8 Å². The predicted molar refractivity (Wildman–Crippen MR) is 261 cm³/mol. The molecule has 2 saturated carbocycles. The lowest BCUT2D eigenvalue weighted by Crippen LogP contribution is -2.59. The number of phenols is 1. The van der Waals surface area contributed by atoms with E-state index in [4.69, 9.17) is 6.42 Å². The first kappa shape index (κ1) is 47.2. The zero-order valence-corrected chi connectivity index (χ0v) is 39.6. The van der Waals surface area contributed by atoms with E-state index in [1.54, 1.807) is 11.0 Å². The Morgan fingerprint density at radius 1 is 0.851 bits per heavy atom. The lowest BCUT2D eigenvalue weighted by Gasteiger charge is -2.53. The number of hydrogen-bond donors (Lipinski definition) is 4. The maximum atomic E-state index is 13.6. The summed E-state index contributed by atoms with van der Waals surface area (Å²) < 4.78 is 0. The topological polar surface area (TPSA) is 172 Å². The molecule has 4 aromatic rings. The molecule has 67 heavy (non-hydrogen) atoms. The maximum Gasteiger partial charge on any atom is 0.246 e. The van der Waals surface area contributed by atoms with Crippen molar-refractivity contribution in [3.8, 4) is 29.4 Å². The summed E-state index contributed by atoms with van der Waals surface area (Å²) in [5.74, 6) is 4.08. The minimum Gasteiger partial charge on any atom is -0.507 e. The van der Waals surface area contributed by atoms with Gasteiger partial charge in [-0.15, -0.1) is 16.6 Å². The summed E-state index contributed by atoms with van der Waals surface area (Å²) in [4.78, 5) is 57.3. The van der Waals surface area contributed by atoms with Crippen molar-refractivity contribution in [1.29, 1.82) is 0 Å². The smallest absolute Gasteiger partial charge is 0.246 e. The fourth-order valence-corrected chi connectivity index (χ4v) is 10.5. The van der Waals surface area contributed by atoms with Gasteiger partial charge in [-0.3, -0.25) is 19.3 Å². The number of terminal acetylenes is 1. The van der Waals surface area contributed by atoms with Crippen LogP contribution < -0.4 is 25.8 Å². The van der Waals surface area contributed by atoms with Crippen LogP contribution in [0.15, 0.2) is 73.1 Å². The number of phenolic OH excluding ortho intramolecular Hbond substituents is 1. The van der Waals surface area contributed by atoms with Crippen LogP contribution in [0.3, 0.4) is 0 Å². The second-order valence-electron chi connectivity index (χ2n) is 20.0. The van der Waals surface area contributed by atoms with E-state index in [2.05, 4.69) is 56.7 Å². The Balaban J connectivity index is 0.000000182. The average Bonchev–Trinajstić information content (AvgIpc) is 3.82. The number of piperazine rings is 1. The van der Waals surface area contributed by atoms with Crippen molar-refractivity contribution in [3.05, 3.63) is 84.2 Å². The molecule has 15 nitrogen and oxygen atoms in total. The van der Waals surface area contributed by atoms with Crippen molar-refractivity contribution in [2.75, 3.05) is 68.0 Å². The molecule has 3 aliphatic heterocycles. The van der Waals surface area contributed by atoms with Gasteiger partial charge in [-0.1, -0.05) is 57.4 Å². The molecule has 1 spiro atoms. The van der Waals surface area contributed by atoms with E-state index < -0.39 is 17.5 Å². The number of likely N-dealkylation sites (tertiary alicyclic amines) is 1. The van der Waals surface area contributed by atoms with Gasteiger partial charge in [0.15, 0.2) is 5.82 Å². The Morgan fingerprint density at radius 3 is 2.18 bits per heavy atom. The molecule has 354 valence electrons. The van der Waals surface area contributed by atoms with Crippen LogP contribution in [-0.2, 0) is 20.9 Å². The van der Waals surface area contributed by atoms with E-state index in [0.29, 0.717) is 42.2 Å². The monoisotopic (exact) mass is 910 g/mol. The van der Waals surface area contributed by atoms with Crippen molar-refractivity contribution in [3.63, 3.8) is 0 Å². The molecule has 9 rings (SSSR count). The molecule has 3 saturated heterocycles. The SMILES string of the molecule is C#Cc1ccc(CNC(=O)C2CCCN2C(=O)C(NC(=O)C2CC3(CCC3)C2)C(C)(C)C)cc1.CNc1nnc(-c2ccccc2O)cc1N1CCN(C2CCN(c3ncccn3)CC2)CC1. The number of amides is 3. The Bertz CT molecular complexity index is 2370. The van der Waals surface area contributed by atoms with E-state index in [1.807, 2.05) is 94.8 Å². The van der Waals surface area contributed by atoms with Crippen LogP contribution in [0.2, 0.25) is 0 Å². The molecule has 2 atom stereocenters. The number of para-hydroxylation sites is 1. The summed E-state index contributed by atoms with van der Waals surface area (Å²) in [6.45, 7) is 12.7. The number of nitrogens with zero attached hydrogens (tertiary/aromatic N) is 8.